The maximum Gasteiger partial charge on any atom is 0.220 e. The molecule has 1 amide bonds. The molecule has 0 atom stereocenters. The van der Waals surface area contributed by atoms with Gasteiger partial charge in [0.2, 0.25) is 5.91 Å². The molecule has 1 aromatic heterocycles. The van der Waals surface area contributed by atoms with Gasteiger partial charge in [-0.15, -0.1) is 0 Å². The number of amides is 1. The minimum atomic E-state index is 0.198. The van der Waals surface area contributed by atoms with Crippen LogP contribution in [0.2, 0.25) is 0 Å². The van der Waals surface area contributed by atoms with Crippen LogP contribution in [-0.4, -0.2) is 17.4 Å². The Balaban J connectivity index is 1.31. The number of hydrogen-bond acceptors (Lipinski definition) is 1. The lowest BCUT2D eigenvalue weighted by Crippen LogP contribution is -2.25. The van der Waals surface area contributed by atoms with Gasteiger partial charge >= 0.3 is 0 Å². The van der Waals surface area contributed by atoms with Crippen LogP contribution in [0.15, 0.2) is 42.6 Å². The summed E-state index contributed by atoms with van der Waals surface area (Å²) in [6, 6.07) is 8.34. The van der Waals surface area contributed by atoms with Crippen molar-refractivity contribution in [3.8, 4) is 0 Å². The second kappa shape index (κ2) is 20.2. The lowest BCUT2D eigenvalue weighted by molar-refractivity contribution is -0.121. The number of aromatic nitrogens is 1. The van der Waals surface area contributed by atoms with Crippen molar-refractivity contribution in [2.75, 3.05) is 6.54 Å². The summed E-state index contributed by atoms with van der Waals surface area (Å²) < 4.78 is 0. The number of unbranched alkanes of at least 4 members (excludes halogenated alkanes) is 15. The fourth-order valence-corrected chi connectivity index (χ4v) is 4.83. The molecule has 0 unspecified atom stereocenters. The van der Waals surface area contributed by atoms with E-state index in [1.54, 1.807) is 0 Å². The number of nitrogens with one attached hydrogen (secondary N) is 2. The van der Waals surface area contributed by atoms with E-state index < -0.39 is 0 Å². The first-order valence-electron chi connectivity index (χ1n) is 14.8. The molecule has 2 N–H and O–H groups in total. The van der Waals surface area contributed by atoms with E-state index in [0.29, 0.717) is 13.0 Å². The van der Waals surface area contributed by atoms with Gasteiger partial charge in [-0.05, 0) is 50.2 Å². The van der Waals surface area contributed by atoms with Crippen LogP contribution >= 0.6 is 0 Å². The van der Waals surface area contributed by atoms with Crippen LogP contribution < -0.4 is 5.32 Å². The molecule has 2 rings (SSSR count). The van der Waals surface area contributed by atoms with Gasteiger partial charge in [-0.2, -0.15) is 0 Å². The highest BCUT2D eigenvalue weighted by Gasteiger charge is 2.04. The predicted molar refractivity (Wildman–Crippen MR) is 153 cm³/mol. The highest BCUT2D eigenvalue weighted by atomic mass is 16.1. The summed E-state index contributed by atoms with van der Waals surface area (Å²) in [6.07, 6.45) is 31.0. The van der Waals surface area contributed by atoms with Crippen molar-refractivity contribution < 1.29 is 4.79 Å². The van der Waals surface area contributed by atoms with Crippen LogP contribution in [0.1, 0.15) is 128 Å². The van der Waals surface area contributed by atoms with Crippen molar-refractivity contribution in [3.63, 3.8) is 0 Å². The first kappa shape index (κ1) is 29.2. The molecule has 0 spiro atoms. The molecule has 1 heterocycles. The number of carbonyl (C=O) groups is 1. The Kier molecular flexibility index (Phi) is 16.8. The third kappa shape index (κ3) is 14.2. The lowest BCUT2D eigenvalue weighted by Gasteiger charge is -2.05. The van der Waals surface area contributed by atoms with Gasteiger partial charge < -0.3 is 10.3 Å². The van der Waals surface area contributed by atoms with Crippen molar-refractivity contribution in [3.05, 3.63) is 48.2 Å². The van der Waals surface area contributed by atoms with Gasteiger partial charge in [0.05, 0.1) is 0 Å². The van der Waals surface area contributed by atoms with E-state index >= 15 is 0 Å². The van der Waals surface area contributed by atoms with Gasteiger partial charge in [-0.25, -0.2) is 0 Å². The fourth-order valence-electron chi connectivity index (χ4n) is 4.83. The Morgan fingerprint density at radius 1 is 0.771 bits per heavy atom. The van der Waals surface area contributed by atoms with Crippen molar-refractivity contribution in [2.24, 2.45) is 0 Å². The fraction of sp³-hybridized carbons (Fsp3) is 0.656. The molecule has 0 saturated carbocycles. The minimum Gasteiger partial charge on any atom is -0.361 e. The van der Waals surface area contributed by atoms with Crippen LogP contribution in [0.5, 0.6) is 0 Å². The largest absolute Gasteiger partial charge is 0.361 e. The molecule has 3 nitrogen and oxygen atoms in total. The highest BCUT2D eigenvalue weighted by Crippen LogP contribution is 2.18. The summed E-state index contributed by atoms with van der Waals surface area (Å²) in [5.74, 6) is 0.198. The number of carbonyl (C=O) groups excluding carboxylic acids is 1. The van der Waals surface area contributed by atoms with Gasteiger partial charge in [-0.3, -0.25) is 4.79 Å². The van der Waals surface area contributed by atoms with E-state index in [2.05, 4.69) is 53.8 Å². The number of hydrogen-bond donors (Lipinski definition) is 2. The summed E-state index contributed by atoms with van der Waals surface area (Å²) in [5.41, 5.74) is 2.44. The van der Waals surface area contributed by atoms with E-state index in [9.17, 15) is 4.79 Å². The average Bonchev–Trinajstić information content (AvgIpc) is 3.28. The molecule has 0 aliphatic heterocycles. The second-order valence-electron chi connectivity index (χ2n) is 10.2. The van der Waals surface area contributed by atoms with E-state index in [4.69, 9.17) is 0 Å². The highest BCUT2D eigenvalue weighted by molar-refractivity contribution is 5.83. The molecule has 0 saturated heterocycles. The van der Waals surface area contributed by atoms with Crippen LogP contribution in [0.25, 0.3) is 10.9 Å². The molecular weight excluding hydrogens is 428 g/mol. The number of allylic oxidation sites excluding steroid dienone is 2. The van der Waals surface area contributed by atoms with Crippen LogP contribution in [0.3, 0.4) is 0 Å². The number of H-pyrrole nitrogens is 1. The number of rotatable bonds is 22. The van der Waals surface area contributed by atoms with Gasteiger partial charge in [0.25, 0.3) is 0 Å². The molecule has 2 aromatic rings. The quantitative estimate of drug-likeness (QED) is 0.128. The number of fused-ring (bicyclic) bond motifs is 1. The summed E-state index contributed by atoms with van der Waals surface area (Å²) >= 11 is 0. The number of aromatic amines is 1. The molecule has 0 aliphatic carbocycles. The van der Waals surface area contributed by atoms with Crippen LogP contribution in [0, 0.1) is 0 Å². The normalized spacial score (nSPS) is 11.6. The Bertz CT molecular complexity index is 807. The predicted octanol–water partition coefficient (Wildman–Crippen LogP) is 9.42. The van der Waals surface area contributed by atoms with Crippen molar-refractivity contribution in [1.82, 2.24) is 10.3 Å². The minimum absolute atomic E-state index is 0.198. The lowest BCUT2D eigenvalue weighted by atomic mass is 10.1. The van der Waals surface area contributed by atoms with Gasteiger partial charge in [0, 0.05) is 30.1 Å². The van der Waals surface area contributed by atoms with Crippen LogP contribution in [-0.2, 0) is 11.2 Å². The third-order valence-electron chi connectivity index (χ3n) is 7.06. The van der Waals surface area contributed by atoms with Crippen LogP contribution in [0.4, 0.5) is 0 Å². The number of benzene rings is 1. The van der Waals surface area contributed by atoms with E-state index in [1.165, 1.54) is 119 Å². The molecule has 196 valence electrons. The maximum absolute atomic E-state index is 12.1. The Morgan fingerprint density at radius 3 is 2.00 bits per heavy atom. The van der Waals surface area contributed by atoms with E-state index in [0.717, 1.165) is 12.8 Å². The summed E-state index contributed by atoms with van der Waals surface area (Å²) in [6.45, 7) is 3.00. The Morgan fingerprint density at radius 2 is 1.34 bits per heavy atom. The van der Waals surface area contributed by atoms with Gasteiger partial charge in [0.15, 0.2) is 0 Å². The maximum atomic E-state index is 12.1. The third-order valence-corrected chi connectivity index (χ3v) is 7.06. The first-order chi connectivity index (χ1) is 17.3. The second-order valence-corrected chi connectivity index (χ2v) is 10.2. The molecule has 0 aliphatic rings. The van der Waals surface area contributed by atoms with Gasteiger partial charge in [-0.1, -0.05) is 114 Å². The summed E-state index contributed by atoms with van der Waals surface area (Å²) in [7, 11) is 0. The monoisotopic (exact) mass is 480 g/mol. The van der Waals surface area contributed by atoms with Crippen molar-refractivity contribution in [1.29, 1.82) is 0 Å². The molecule has 0 fully saturated rings. The molecule has 3 heteroatoms. The molecule has 35 heavy (non-hydrogen) atoms. The Labute approximate surface area is 215 Å². The zero-order valence-corrected chi connectivity index (χ0v) is 22.6. The SMILES string of the molecule is CCCCCCCCCC/C=C\CCCCCCCCCC(=O)NCCc1c[nH]c2ccccc12. The average molecular weight is 481 g/mol. The van der Waals surface area contributed by atoms with Crippen molar-refractivity contribution >= 4 is 16.8 Å². The first-order valence-corrected chi connectivity index (χ1v) is 14.8. The molecule has 0 bridgehead atoms. The standard InChI is InChI=1S/C32H52N2O/c1-2-3-4-5-6-7-8-9-10-11-12-13-14-15-16-17-18-19-20-25-32(35)33-27-26-29-28-34-31-24-22-21-23-30(29)31/h11-12,21-24,28,34H,2-10,13-20,25-27H2,1H3,(H,33,35)/b12-11-. The summed E-state index contributed by atoms with van der Waals surface area (Å²) in [5, 5.41) is 4.35. The van der Waals surface area contributed by atoms with E-state index in [1.807, 2.05) is 6.07 Å². The Hall–Kier alpha value is -2.03. The van der Waals surface area contributed by atoms with Gasteiger partial charge in [0.1, 0.15) is 0 Å². The number of para-hydroxylation sites is 1. The smallest absolute Gasteiger partial charge is 0.220 e. The molecule has 0 radical (unpaired) electrons. The zero-order valence-electron chi connectivity index (χ0n) is 22.6. The molecule has 1 aromatic carbocycles. The topological polar surface area (TPSA) is 44.9 Å². The molecular formula is C32H52N2O. The van der Waals surface area contributed by atoms with E-state index in [-0.39, 0.29) is 5.91 Å². The van der Waals surface area contributed by atoms with Crippen molar-refractivity contribution in [2.45, 2.75) is 129 Å². The summed E-state index contributed by atoms with van der Waals surface area (Å²) in [4.78, 5) is 15.4. The zero-order chi connectivity index (χ0) is 24.8.